The van der Waals surface area contributed by atoms with E-state index in [-0.39, 0.29) is 17.7 Å². The third-order valence-electron chi connectivity index (χ3n) is 9.82. The lowest BCUT2D eigenvalue weighted by Crippen LogP contribution is -2.43. The van der Waals surface area contributed by atoms with Crippen LogP contribution in [0.3, 0.4) is 0 Å². The standard InChI is InChI=1S/C39H51N5O2/c1-6-27(2)24-41-38-28(3)35(31-12-10-23-44(26-31)36(45)15-11-22-43(5)32-18-19-32)25-42-39(37(38)29(4)40)30-16-20-34(21-17-30)46-33-13-8-7-9-14-33/h7-9,11,13-17,20-21,24,27-28,31-32,35,40H,6,10,12,18-19,22-23,25-26H2,1-5H3. The van der Waals surface area contributed by atoms with Gasteiger partial charge in [0.05, 0.1) is 11.4 Å². The Kier molecular flexibility index (Phi) is 11.4. The lowest BCUT2D eigenvalue weighted by Gasteiger charge is -2.38. The number of ether oxygens (including phenoxy) is 1. The smallest absolute Gasteiger partial charge is 0.246 e. The van der Waals surface area contributed by atoms with Crippen LogP contribution in [-0.2, 0) is 4.79 Å². The Bertz CT molecular complexity index is 1470. The summed E-state index contributed by atoms with van der Waals surface area (Å²) in [6.07, 6.45) is 11.4. The first kappa shape index (κ1) is 33.5. The lowest BCUT2D eigenvalue weighted by molar-refractivity contribution is -0.128. The molecular weight excluding hydrogens is 570 g/mol. The summed E-state index contributed by atoms with van der Waals surface area (Å²) in [5.74, 6) is 2.58. The Labute approximate surface area is 275 Å². The van der Waals surface area contributed by atoms with Crippen molar-refractivity contribution in [2.24, 2.45) is 33.7 Å². The highest BCUT2D eigenvalue weighted by molar-refractivity contribution is 6.29. The van der Waals surface area contributed by atoms with Crippen LogP contribution < -0.4 is 4.74 Å². The van der Waals surface area contributed by atoms with Crippen molar-refractivity contribution >= 4 is 23.5 Å². The van der Waals surface area contributed by atoms with E-state index in [1.54, 1.807) is 6.08 Å². The molecule has 1 amide bonds. The highest BCUT2D eigenvalue weighted by Gasteiger charge is 2.37. The second-order valence-corrected chi connectivity index (χ2v) is 13.4. The van der Waals surface area contributed by atoms with E-state index in [9.17, 15) is 4.79 Å². The molecule has 0 aromatic heterocycles. The number of likely N-dealkylation sites (N-methyl/N-ethyl adjacent to an activating group) is 1. The van der Waals surface area contributed by atoms with Crippen molar-refractivity contribution < 1.29 is 9.53 Å². The SMILES string of the molecule is CCC(C)C=NC1=C(C(C)=N)C(c2ccc(Oc3ccccc3)cc2)=NCC(C2CCCN(C(=O)C=CCN(C)C3CC3)C2)C1C. The van der Waals surface area contributed by atoms with E-state index in [4.69, 9.17) is 20.1 Å². The van der Waals surface area contributed by atoms with Crippen LogP contribution in [0.15, 0.2) is 88.0 Å². The number of hydrogen-bond donors (Lipinski definition) is 1. The van der Waals surface area contributed by atoms with Crippen molar-refractivity contribution in [1.82, 2.24) is 9.80 Å². The summed E-state index contributed by atoms with van der Waals surface area (Å²) in [6, 6.07) is 18.5. The molecule has 2 aliphatic heterocycles. The Morgan fingerprint density at radius 2 is 1.85 bits per heavy atom. The van der Waals surface area contributed by atoms with Crippen LogP contribution in [0.2, 0.25) is 0 Å². The van der Waals surface area contributed by atoms with Gasteiger partial charge >= 0.3 is 0 Å². The van der Waals surface area contributed by atoms with Crippen molar-refractivity contribution in [1.29, 1.82) is 5.41 Å². The van der Waals surface area contributed by atoms with Gasteiger partial charge in [-0.3, -0.25) is 19.7 Å². The molecular formula is C39H51N5O2. The number of nitrogens with one attached hydrogen (secondary N) is 1. The average molecular weight is 622 g/mol. The van der Waals surface area contributed by atoms with Crippen molar-refractivity contribution in [2.45, 2.75) is 65.8 Å². The molecule has 1 N–H and O–H groups in total. The molecule has 5 rings (SSSR count). The second kappa shape index (κ2) is 15.6. The molecule has 1 aliphatic carbocycles. The molecule has 2 aromatic rings. The number of piperidine rings is 1. The Balaban J connectivity index is 1.41. The Morgan fingerprint density at radius 1 is 1.13 bits per heavy atom. The van der Waals surface area contributed by atoms with Crippen LogP contribution in [0.4, 0.5) is 0 Å². The summed E-state index contributed by atoms with van der Waals surface area (Å²) in [7, 11) is 2.14. The minimum absolute atomic E-state index is 0.0836. The zero-order valence-corrected chi connectivity index (χ0v) is 28.3. The van der Waals surface area contributed by atoms with Crippen LogP contribution in [0, 0.1) is 29.1 Å². The number of allylic oxidation sites excluding steroid dienone is 2. The van der Waals surface area contributed by atoms with Gasteiger partial charge in [0.15, 0.2) is 0 Å². The van der Waals surface area contributed by atoms with E-state index >= 15 is 0 Å². The molecule has 0 radical (unpaired) electrons. The molecule has 7 nitrogen and oxygen atoms in total. The van der Waals surface area contributed by atoms with Gasteiger partial charge in [0, 0.05) is 67.3 Å². The van der Waals surface area contributed by atoms with Crippen molar-refractivity contribution in [3.05, 3.63) is 83.6 Å². The topological polar surface area (TPSA) is 81.3 Å². The van der Waals surface area contributed by atoms with Crippen molar-refractivity contribution in [3.8, 4) is 11.5 Å². The predicted octanol–water partition coefficient (Wildman–Crippen LogP) is 7.83. The van der Waals surface area contributed by atoms with Gasteiger partial charge in [0.1, 0.15) is 11.5 Å². The van der Waals surface area contributed by atoms with Gasteiger partial charge < -0.3 is 15.0 Å². The molecule has 2 aromatic carbocycles. The van der Waals surface area contributed by atoms with E-state index in [1.807, 2.05) is 78.7 Å². The van der Waals surface area contributed by atoms with Gasteiger partial charge in [-0.05, 0) is 100 Å². The number of hydrogen-bond acceptors (Lipinski definition) is 6. The monoisotopic (exact) mass is 621 g/mol. The molecule has 0 bridgehead atoms. The Hall–Kier alpha value is -3.84. The first-order valence-corrected chi connectivity index (χ1v) is 17.1. The predicted molar refractivity (Wildman–Crippen MR) is 189 cm³/mol. The summed E-state index contributed by atoms with van der Waals surface area (Å²) >= 11 is 0. The summed E-state index contributed by atoms with van der Waals surface area (Å²) in [6.45, 7) is 11.4. The molecule has 0 spiro atoms. The summed E-state index contributed by atoms with van der Waals surface area (Å²) < 4.78 is 6.05. The minimum atomic E-state index is 0.0836. The van der Waals surface area contributed by atoms with Crippen LogP contribution in [0.25, 0.3) is 0 Å². The van der Waals surface area contributed by atoms with Crippen LogP contribution in [0.1, 0.15) is 65.4 Å². The molecule has 2 fully saturated rings. The molecule has 7 heteroatoms. The number of aliphatic imine (C=N–C) groups is 2. The van der Waals surface area contributed by atoms with Gasteiger partial charge in [-0.15, -0.1) is 0 Å². The third-order valence-corrected chi connectivity index (χ3v) is 9.82. The van der Waals surface area contributed by atoms with Crippen molar-refractivity contribution in [2.75, 3.05) is 33.2 Å². The molecule has 4 atom stereocenters. The molecule has 2 heterocycles. The highest BCUT2D eigenvalue weighted by Crippen LogP contribution is 2.38. The first-order chi connectivity index (χ1) is 22.2. The molecule has 1 saturated heterocycles. The van der Waals surface area contributed by atoms with E-state index in [2.05, 4.69) is 32.7 Å². The maximum absolute atomic E-state index is 13.3. The maximum atomic E-state index is 13.3. The van der Waals surface area contributed by atoms with Crippen LogP contribution in [0.5, 0.6) is 11.5 Å². The highest BCUT2D eigenvalue weighted by atomic mass is 16.5. The fraction of sp³-hybridized carbons (Fsp3) is 0.487. The molecule has 3 aliphatic rings. The molecule has 1 saturated carbocycles. The number of nitrogens with zero attached hydrogens (tertiary/aromatic N) is 4. The van der Waals surface area contributed by atoms with Gasteiger partial charge in [-0.25, -0.2) is 0 Å². The normalized spacial score (nSPS) is 23.1. The fourth-order valence-electron chi connectivity index (χ4n) is 6.60. The quantitative estimate of drug-likeness (QED) is 0.194. The van der Waals surface area contributed by atoms with E-state index in [0.717, 1.165) is 72.9 Å². The summed E-state index contributed by atoms with van der Waals surface area (Å²) in [5, 5.41) is 8.93. The number of rotatable bonds is 12. The number of carbonyl (C=O) groups is 1. The maximum Gasteiger partial charge on any atom is 0.246 e. The van der Waals surface area contributed by atoms with Gasteiger partial charge in [0.2, 0.25) is 5.91 Å². The molecule has 244 valence electrons. The van der Waals surface area contributed by atoms with E-state index in [0.29, 0.717) is 30.1 Å². The number of benzene rings is 2. The third kappa shape index (κ3) is 8.49. The number of amides is 1. The Morgan fingerprint density at radius 3 is 2.52 bits per heavy atom. The number of carbonyl (C=O) groups excluding carboxylic acids is 1. The number of likely N-dealkylation sites (tertiary alicyclic amines) is 1. The molecule has 4 unspecified atom stereocenters. The minimum Gasteiger partial charge on any atom is -0.457 e. The summed E-state index contributed by atoms with van der Waals surface area (Å²) in [4.78, 5) is 28.0. The summed E-state index contributed by atoms with van der Waals surface area (Å²) in [5.41, 5.74) is 3.99. The van der Waals surface area contributed by atoms with E-state index < -0.39 is 0 Å². The zero-order chi connectivity index (χ0) is 32.6. The zero-order valence-electron chi connectivity index (χ0n) is 28.3. The largest absolute Gasteiger partial charge is 0.457 e. The first-order valence-electron chi connectivity index (χ1n) is 17.1. The van der Waals surface area contributed by atoms with E-state index in [1.165, 1.54) is 12.8 Å². The second-order valence-electron chi connectivity index (χ2n) is 13.4. The fourth-order valence-corrected chi connectivity index (χ4v) is 6.60. The molecule has 46 heavy (non-hydrogen) atoms. The van der Waals surface area contributed by atoms with Crippen LogP contribution >= 0.6 is 0 Å². The van der Waals surface area contributed by atoms with Crippen molar-refractivity contribution in [3.63, 3.8) is 0 Å². The van der Waals surface area contributed by atoms with Gasteiger partial charge in [-0.2, -0.15) is 0 Å². The van der Waals surface area contributed by atoms with Crippen LogP contribution in [-0.4, -0.2) is 72.6 Å². The lowest BCUT2D eigenvalue weighted by atomic mass is 9.76. The average Bonchev–Trinajstić information content (AvgIpc) is 3.93. The van der Waals surface area contributed by atoms with Gasteiger partial charge in [-0.1, -0.05) is 45.0 Å². The van der Waals surface area contributed by atoms with Gasteiger partial charge in [0.25, 0.3) is 0 Å². The number of para-hydroxylation sites is 1.